The fourth-order valence-electron chi connectivity index (χ4n) is 3.99. The number of ether oxygens (including phenoxy) is 1. The van der Waals surface area contributed by atoms with E-state index in [9.17, 15) is 0 Å². The highest BCUT2D eigenvalue weighted by Crippen LogP contribution is 2.28. The van der Waals surface area contributed by atoms with Crippen LogP contribution < -0.4 is 15.8 Å². The lowest BCUT2D eigenvalue weighted by molar-refractivity contribution is 0.340. The molecule has 0 saturated carbocycles. The van der Waals surface area contributed by atoms with Crippen LogP contribution in [-0.2, 0) is 19.9 Å². The van der Waals surface area contributed by atoms with Gasteiger partial charge in [0.2, 0.25) is 5.95 Å². The van der Waals surface area contributed by atoms with Gasteiger partial charge in [0.1, 0.15) is 17.1 Å². The van der Waals surface area contributed by atoms with Gasteiger partial charge in [-0.25, -0.2) is 9.97 Å². The van der Waals surface area contributed by atoms with E-state index in [-0.39, 0.29) is 5.95 Å². The summed E-state index contributed by atoms with van der Waals surface area (Å²) in [4.78, 5) is 16.6. The summed E-state index contributed by atoms with van der Waals surface area (Å²) < 4.78 is 7.66. The molecule has 0 amide bonds. The highest BCUT2D eigenvalue weighted by Gasteiger charge is 2.12. The number of imidazole rings is 1. The number of benzene rings is 2. The van der Waals surface area contributed by atoms with Crippen molar-refractivity contribution in [3.63, 3.8) is 0 Å². The number of nitrogens with one attached hydrogen (secondary N) is 2. The smallest absolute Gasteiger partial charge is 0.221 e. The lowest BCUT2D eigenvalue weighted by atomic mass is 10.0. The predicted octanol–water partition coefficient (Wildman–Crippen LogP) is 4.35. The first kappa shape index (κ1) is 19.9. The largest absolute Gasteiger partial charge is 0.494 e. The maximum Gasteiger partial charge on any atom is 0.221 e. The summed E-state index contributed by atoms with van der Waals surface area (Å²) >= 11 is 0. The fourth-order valence-corrected chi connectivity index (χ4v) is 3.99. The van der Waals surface area contributed by atoms with Crippen molar-refractivity contribution in [1.82, 2.24) is 24.5 Å². The van der Waals surface area contributed by atoms with E-state index in [2.05, 4.69) is 43.6 Å². The molecule has 8 nitrogen and oxygen atoms in total. The number of aromatic amines is 1. The third-order valence-corrected chi connectivity index (χ3v) is 5.60. The summed E-state index contributed by atoms with van der Waals surface area (Å²) in [6, 6.07) is 12.2. The number of nitrogen functional groups attached to an aromatic ring is 1. The molecule has 5 aromatic rings. The van der Waals surface area contributed by atoms with E-state index in [0.717, 1.165) is 46.4 Å². The molecule has 0 aliphatic heterocycles. The number of anilines is 3. The SMILES string of the molecule is CCOc1ccc2[nH]cc(CCc3cnc(N)nc3Nc3cccc4c3ncn4C)c2c1. The number of H-pyrrole nitrogens is 1. The molecule has 0 aliphatic carbocycles. The van der Waals surface area contributed by atoms with Gasteiger partial charge in [-0.3, -0.25) is 0 Å². The van der Waals surface area contributed by atoms with E-state index >= 15 is 0 Å². The van der Waals surface area contributed by atoms with Crippen molar-refractivity contribution in [1.29, 1.82) is 0 Å². The fraction of sp³-hybridized carbons (Fsp3) is 0.208. The molecule has 4 N–H and O–H groups in total. The molecule has 0 unspecified atom stereocenters. The monoisotopic (exact) mass is 427 g/mol. The zero-order valence-electron chi connectivity index (χ0n) is 18.1. The number of hydrogen-bond acceptors (Lipinski definition) is 6. The van der Waals surface area contributed by atoms with Gasteiger partial charge in [0.05, 0.1) is 24.1 Å². The van der Waals surface area contributed by atoms with Gasteiger partial charge < -0.3 is 25.3 Å². The van der Waals surface area contributed by atoms with Crippen molar-refractivity contribution in [2.24, 2.45) is 7.05 Å². The second-order valence-electron chi connectivity index (χ2n) is 7.71. The van der Waals surface area contributed by atoms with Gasteiger partial charge in [-0.15, -0.1) is 0 Å². The molecule has 0 saturated heterocycles. The summed E-state index contributed by atoms with van der Waals surface area (Å²) in [5.74, 6) is 1.81. The zero-order valence-corrected chi connectivity index (χ0v) is 18.1. The van der Waals surface area contributed by atoms with Crippen LogP contribution in [0, 0.1) is 0 Å². The van der Waals surface area contributed by atoms with Gasteiger partial charge in [0.15, 0.2) is 0 Å². The maximum atomic E-state index is 5.91. The molecule has 8 heteroatoms. The Morgan fingerprint density at radius 1 is 1.12 bits per heavy atom. The molecule has 0 fully saturated rings. The normalized spacial score (nSPS) is 11.3. The van der Waals surface area contributed by atoms with Crippen molar-refractivity contribution in [3.8, 4) is 5.75 Å². The summed E-state index contributed by atoms with van der Waals surface area (Å²) in [7, 11) is 1.98. The van der Waals surface area contributed by atoms with Crippen LogP contribution in [0.3, 0.4) is 0 Å². The highest BCUT2D eigenvalue weighted by atomic mass is 16.5. The molecule has 162 valence electrons. The first-order chi connectivity index (χ1) is 15.6. The Kier molecular flexibility index (Phi) is 5.10. The van der Waals surface area contributed by atoms with E-state index < -0.39 is 0 Å². The Morgan fingerprint density at radius 3 is 2.88 bits per heavy atom. The van der Waals surface area contributed by atoms with Crippen LogP contribution in [-0.4, -0.2) is 31.1 Å². The molecule has 3 heterocycles. The van der Waals surface area contributed by atoms with Crippen LogP contribution in [0.4, 0.5) is 17.5 Å². The first-order valence-corrected chi connectivity index (χ1v) is 10.6. The van der Waals surface area contributed by atoms with Crippen molar-refractivity contribution < 1.29 is 4.74 Å². The van der Waals surface area contributed by atoms with Crippen LogP contribution in [0.15, 0.2) is 55.1 Å². The standard InChI is InChI=1S/C24H25N7O/c1-3-32-17-9-10-19-18(11-17)15(12-26-19)7-8-16-13-27-24(25)30-23(16)29-20-5-4-6-21-22(20)28-14-31(21)2/h4-6,9-14,26H,3,7-8H2,1-2H3,(H3,25,27,29,30). The molecule has 0 bridgehead atoms. The molecule has 32 heavy (non-hydrogen) atoms. The van der Waals surface area contributed by atoms with E-state index in [1.54, 1.807) is 12.5 Å². The van der Waals surface area contributed by atoms with E-state index in [1.807, 2.05) is 42.8 Å². The van der Waals surface area contributed by atoms with Crippen LogP contribution in [0.25, 0.3) is 21.9 Å². The van der Waals surface area contributed by atoms with E-state index in [0.29, 0.717) is 12.4 Å². The molecule has 0 spiro atoms. The summed E-state index contributed by atoms with van der Waals surface area (Å²) in [5.41, 5.74) is 12.0. The maximum absolute atomic E-state index is 5.91. The van der Waals surface area contributed by atoms with Crippen molar-refractivity contribution in [2.75, 3.05) is 17.7 Å². The third kappa shape index (κ3) is 3.71. The third-order valence-electron chi connectivity index (χ3n) is 5.60. The minimum atomic E-state index is 0.234. The molecule has 2 aromatic carbocycles. The van der Waals surface area contributed by atoms with Crippen molar-refractivity contribution in [3.05, 3.63) is 66.2 Å². The summed E-state index contributed by atoms with van der Waals surface area (Å²) in [6.07, 6.45) is 7.24. The Morgan fingerprint density at radius 2 is 2.00 bits per heavy atom. The lowest BCUT2D eigenvalue weighted by Crippen LogP contribution is -2.05. The molecule has 3 aromatic heterocycles. The summed E-state index contributed by atoms with van der Waals surface area (Å²) in [5, 5.41) is 4.59. The van der Waals surface area contributed by atoms with Gasteiger partial charge in [-0.1, -0.05) is 6.07 Å². The number of fused-ring (bicyclic) bond motifs is 2. The minimum absolute atomic E-state index is 0.234. The Bertz CT molecular complexity index is 1400. The molecule has 5 rings (SSSR count). The van der Waals surface area contributed by atoms with Gasteiger partial charge in [-0.2, -0.15) is 4.98 Å². The molecule has 0 aliphatic rings. The zero-order chi connectivity index (χ0) is 22.1. The van der Waals surface area contributed by atoms with E-state index in [1.165, 1.54) is 10.9 Å². The number of aryl methyl sites for hydroxylation is 3. The van der Waals surface area contributed by atoms with Crippen LogP contribution in [0.1, 0.15) is 18.1 Å². The predicted molar refractivity (Wildman–Crippen MR) is 127 cm³/mol. The van der Waals surface area contributed by atoms with Crippen LogP contribution in [0.2, 0.25) is 0 Å². The summed E-state index contributed by atoms with van der Waals surface area (Å²) in [6.45, 7) is 2.63. The molecule has 0 radical (unpaired) electrons. The highest BCUT2D eigenvalue weighted by molar-refractivity contribution is 5.90. The quantitative estimate of drug-likeness (QED) is 0.356. The Hall–Kier alpha value is -4.07. The lowest BCUT2D eigenvalue weighted by Gasteiger charge is -2.12. The van der Waals surface area contributed by atoms with Gasteiger partial charge in [0, 0.05) is 35.9 Å². The first-order valence-electron chi connectivity index (χ1n) is 10.6. The Labute approximate surface area is 185 Å². The number of nitrogens with zero attached hydrogens (tertiary/aromatic N) is 4. The second kappa shape index (κ2) is 8.22. The minimum Gasteiger partial charge on any atom is -0.494 e. The molecule has 0 atom stereocenters. The van der Waals surface area contributed by atoms with Gasteiger partial charge in [-0.05, 0) is 55.7 Å². The topological polar surface area (TPSA) is 107 Å². The number of hydrogen-bond donors (Lipinski definition) is 3. The number of aromatic nitrogens is 5. The van der Waals surface area contributed by atoms with Crippen LogP contribution in [0.5, 0.6) is 5.75 Å². The van der Waals surface area contributed by atoms with E-state index in [4.69, 9.17) is 10.5 Å². The van der Waals surface area contributed by atoms with Crippen molar-refractivity contribution in [2.45, 2.75) is 19.8 Å². The average Bonchev–Trinajstić information content (AvgIpc) is 3.37. The van der Waals surface area contributed by atoms with Crippen LogP contribution >= 0.6 is 0 Å². The number of nitrogens with two attached hydrogens (primary N) is 1. The Balaban J connectivity index is 1.43. The van der Waals surface area contributed by atoms with Crippen molar-refractivity contribution >= 4 is 39.4 Å². The van der Waals surface area contributed by atoms with Gasteiger partial charge in [0.25, 0.3) is 0 Å². The van der Waals surface area contributed by atoms with Gasteiger partial charge >= 0.3 is 0 Å². The second-order valence-corrected chi connectivity index (χ2v) is 7.71. The average molecular weight is 428 g/mol. The number of para-hydroxylation sites is 1. The number of rotatable bonds is 7. The molecular formula is C24H25N7O. The molecular weight excluding hydrogens is 402 g/mol.